The van der Waals surface area contributed by atoms with Gasteiger partial charge in [0.05, 0.1) is 22.3 Å². The van der Waals surface area contributed by atoms with Gasteiger partial charge in [0.25, 0.3) is 6.01 Å². The average molecular weight is 382 g/mol. The third-order valence-electron chi connectivity index (χ3n) is 3.78. The first-order valence-electron chi connectivity index (χ1n) is 8.11. The van der Waals surface area contributed by atoms with E-state index in [0.717, 1.165) is 0 Å². The van der Waals surface area contributed by atoms with E-state index in [2.05, 4.69) is 20.3 Å². The molecule has 0 spiro atoms. The van der Waals surface area contributed by atoms with Crippen molar-refractivity contribution in [2.75, 3.05) is 22.8 Å². The Morgan fingerprint density at radius 3 is 2.65 bits per heavy atom. The van der Waals surface area contributed by atoms with E-state index in [1.165, 1.54) is 13.1 Å². The smallest absolute Gasteiger partial charge is 0.348 e. The van der Waals surface area contributed by atoms with Gasteiger partial charge in [-0.3, -0.25) is 9.52 Å². The molecule has 0 fully saturated rings. The van der Waals surface area contributed by atoms with Gasteiger partial charge in [0.15, 0.2) is 0 Å². The summed E-state index contributed by atoms with van der Waals surface area (Å²) in [5.41, 5.74) is 0.397. The van der Waals surface area contributed by atoms with E-state index in [1.807, 2.05) is 0 Å². The van der Waals surface area contributed by atoms with Gasteiger partial charge in [-0.1, -0.05) is 6.92 Å². The van der Waals surface area contributed by atoms with Gasteiger partial charge >= 0.3 is 5.63 Å². The van der Waals surface area contributed by atoms with Crippen LogP contribution in [0.5, 0.6) is 0 Å². The normalized spacial score (nSPS) is 12.6. The molecule has 1 amide bonds. The summed E-state index contributed by atoms with van der Waals surface area (Å²) in [4.78, 5) is 28.1. The quantitative estimate of drug-likeness (QED) is 0.656. The monoisotopic (exact) mass is 382 g/mol. The fourth-order valence-electron chi connectivity index (χ4n) is 2.45. The van der Waals surface area contributed by atoms with Crippen LogP contribution < -0.4 is 21.0 Å². The standard InChI is InChI=1S/C16H22N4O5S/c1-5-8-26(23,24)20-11-6-7-12-13(9(11)2)15(22)25-16(19-12)18-10(3)14(21)17-4/h6-7,10,20H,5,8H2,1-4H3,(H,17,21)(H,18,19). The fourth-order valence-corrected chi connectivity index (χ4v) is 3.64. The van der Waals surface area contributed by atoms with Crippen molar-refractivity contribution < 1.29 is 17.6 Å². The number of anilines is 2. The molecule has 0 aliphatic carbocycles. The Kier molecular flexibility index (Phi) is 5.86. The summed E-state index contributed by atoms with van der Waals surface area (Å²) < 4.78 is 31.5. The predicted octanol–water partition coefficient (Wildman–Crippen LogP) is 1.19. The molecule has 9 nitrogen and oxygen atoms in total. The zero-order valence-corrected chi connectivity index (χ0v) is 15.9. The van der Waals surface area contributed by atoms with E-state index in [0.29, 0.717) is 23.2 Å². The van der Waals surface area contributed by atoms with Gasteiger partial charge in [-0.2, -0.15) is 4.98 Å². The number of nitrogens with one attached hydrogen (secondary N) is 3. The maximum absolute atomic E-state index is 12.4. The first-order chi connectivity index (χ1) is 12.2. The summed E-state index contributed by atoms with van der Waals surface area (Å²) >= 11 is 0. The number of nitrogens with zero attached hydrogens (tertiary/aromatic N) is 1. The van der Waals surface area contributed by atoms with Crippen LogP contribution in [0.1, 0.15) is 25.8 Å². The molecule has 10 heteroatoms. The second kappa shape index (κ2) is 7.73. The van der Waals surface area contributed by atoms with Gasteiger partial charge in [0.1, 0.15) is 6.04 Å². The molecule has 1 aromatic heterocycles. The van der Waals surface area contributed by atoms with Crippen LogP contribution in [-0.2, 0) is 14.8 Å². The molecule has 2 rings (SSSR count). The highest BCUT2D eigenvalue weighted by Gasteiger charge is 2.17. The highest BCUT2D eigenvalue weighted by atomic mass is 32.2. The molecule has 0 radical (unpaired) electrons. The number of aryl methyl sites for hydroxylation is 1. The lowest BCUT2D eigenvalue weighted by Crippen LogP contribution is -2.35. The van der Waals surface area contributed by atoms with Crippen LogP contribution in [0.25, 0.3) is 10.9 Å². The molecule has 1 aromatic carbocycles. The molecule has 0 aliphatic heterocycles. The van der Waals surface area contributed by atoms with Crippen LogP contribution in [0, 0.1) is 6.92 Å². The minimum absolute atomic E-state index is 0.0163. The lowest BCUT2D eigenvalue weighted by molar-refractivity contribution is -0.121. The third-order valence-corrected chi connectivity index (χ3v) is 5.25. The first-order valence-corrected chi connectivity index (χ1v) is 9.76. The van der Waals surface area contributed by atoms with E-state index < -0.39 is 21.7 Å². The van der Waals surface area contributed by atoms with E-state index in [-0.39, 0.29) is 23.1 Å². The van der Waals surface area contributed by atoms with Crippen molar-refractivity contribution >= 4 is 38.5 Å². The summed E-state index contributed by atoms with van der Waals surface area (Å²) in [7, 11) is -1.99. The summed E-state index contributed by atoms with van der Waals surface area (Å²) in [6.45, 7) is 4.98. The van der Waals surface area contributed by atoms with Crippen molar-refractivity contribution in [3.05, 3.63) is 28.1 Å². The summed E-state index contributed by atoms with van der Waals surface area (Å²) in [6, 6.07) is 2.34. The molecule has 0 bridgehead atoms. The number of aromatic nitrogens is 1. The van der Waals surface area contributed by atoms with Crippen molar-refractivity contribution in [2.45, 2.75) is 33.2 Å². The Labute approximate surface area is 151 Å². The van der Waals surface area contributed by atoms with Crippen molar-refractivity contribution in [1.29, 1.82) is 0 Å². The second-order valence-electron chi connectivity index (χ2n) is 5.84. The number of carbonyl (C=O) groups is 1. The number of sulfonamides is 1. The average Bonchev–Trinajstić information content (AvgIpc) is 2.56. The number of fused-ring (bicyclic) bond motifs is 1. The lowest BCUT2D eigenvalue weighted by Gasteiger charge is -2.13. The van der Waals surface area contributed by atoms with Crippen LogP contribution in [-0.4, -0.2) is 38.2 Å². The first kappa shape index (κ1) is 19.7. The maximum atomic E-state index is 12.4. The van der Waals surface area contributed by atoms with Crippen LogP contribution in [0.15, 0.2) is 21.3 Å². The van der Waals surface area contributed by atoms with Crippen molar-refractivity contribution in [1.82, 2.24) is 10.3 Å². The number of rotatable bonds is 7. The largest absolute Gasteiger partial charge is 0.389 e. The molecule has 0 saturated heterocycles. The molecule has 26 heavy (non-hydrogen) atoms. The van der Waals surface area contributed by atoms with Crippen LogP contribution in [0.4, 0.5) is 11.7 Å². The van der Waals surface area contributed by atoms with Crippen LogP contribution in [0.3, 0.4) is 0 Å². The van der Waals surface area contributed by atoms with Crippen LogP contribution >= 0.6 is 0 Å². The zero-order chi connectivity index (χ0) is 19.5. The number of benzene rings is 1. The number of likely N-dealkylation sites (N-methyl/N-ethyl adjacent to an activating group) is 1. The molecule has 2 aromatic rings. The van der Waals surface area contributed by atoms with Gasteiger partial charge in [0, 0.05) is 7.05 Å². The van der Waals surface area contributed by atoms with E-state index >= 15 is 0 Å². The summed E-state index contributed by atoms with van der Waals surface area (Å²) in [5.74, 6) is -0.302. The molecule has 142 valence electrons. The maximum Gasteiger partial charge on any atom is 0.348 e. The van der Waals surface area contributed by atoms with Crippen LogP contribution in [0.2, 0.25) is 0 Å². The van der Waals surface area contributed by atoms with Crippen molar-refractivity contribution in [3.63, 3.8) is 0 Å². The molecule has 1 atom stereocenters. The Bertz CT molecular complexity index is 984. The topological polar surface area (TPSA) is 130 Å². The Morgan fingerprint density at radius 2 is 2.04 bits per heavy atom. The molecule has 3 N–H and O–H groups in total. The molecular weight excluding hydrogens is 360 g/mol. The predicted molar refractivity (Wildman–Crippen MR) is 99.9 cm³/mol. The number of amides is 1. The molecule has 0 saturated carbocycles. The van der Waals surface area contributed by atoms with Gasteiger partial charge in [-0.25, -0.2) is 13.2 Å². The summed E-state index contributed by atoms with van der Waals surface area (Å²) in [6.07, 6.45) is 0.476. The highest BCUT2D eigenvalue weighted by Crippen LogP contribution is 2.24. The SMILES string of the molecule is CCCS(=O)(=O)Nc1ccc2nc(NC(C)C(=O)NC)oc(=O)c2c1C. The highest BCUT2D eigenvalue weighted by molar-refractivity contribution is 7.92. The molecule has 1 heterocycles. The van der Waals surface area contributed by atoms with Crippen molar-refractivity contribution in [2.24, 2.45) is 0 Å². The summed E-state index contributed by atoms with van der Waals surface area (Å²) in [5, 5.41) is 5.36. The van der Waals surface area contributed by atoms with Crippen molar-refractivity contribution in [3.8, 4) is 0 Å². The number of hydrogen-bond donors (Lipinski definition) is 3. The van der Waals surface area contributed by atoms with Gasteiger partial charge in [-0.05, 0) is 38.0 Å². The number of carbonyl (C=O) groups excluding carboxylic acids is 1. The lowest BCUT2D eigenvalue weighted by atomic mass is 10.1. The Balaban J connectivity index is 2.43. The van der Waals surface area contributed by atoms with Gasteiger partial charge in [0.2, 0.25) is 15.9 Å². The molecule has 1 unspecified atom stereocenters. The fraction of sp³-hybridized carbons (Fsp3) is 0.438. The number of hydrogen-bond acceptors (Lipinski definition) is 7. The molecular formula is C16H22N4O5S. The molecule has 0 aliphatic rings. The van der Waals surface area contributed by atoms with Gasteiger partial charge < -0.3 is 15.1 Å². The van der Waals surface area contributed by atoms with E-state index in [1.54, 1.807) is 26.8 Å². The Hall–Kier alpha value is -2.62. The second-order valence-corrected chi connectivity index (χ2v) is 7.68. The third kappa shape index (κ3) is 4.31. The van der Waals surface area contributed by atoms with E-state index in [9.17, 15) is 18.0 Å². The minimum Gasteiger partial charge on any atom is -0.389 e. The zero-order valence-electron chi connectivity index (χ0n) is 15.0. The van der Waals surface area contributed by atoms with E-state index in [4.69, 9.17) is 4.42 Å². The minimum atomic E-state index is -3.49. The van der Waals surface area contributed by atoms with Gasteiger partial charge in [-0.15, -0.1) is 0 Å². The Morgan fingerprint density at radius 1 is 1.35 bits per heavy atom.